The van der Waals surface area contributed by atoms with Gasteiger partial charge in [-0.3, -0.25) is 9.59 Å². The van der Waals surface area contributed by atoms with Crippen molar-refractivity contribution in [2.24, 2.45) is 0 Å². The molecule has 2 aliphatic heterocycles. The van der Waals surface area contributed by atoms with Gasteiger partial charge in [0.15, 0.2) is 0 Å². The van der Waals surface area contributed by atoms with Gasteiger partial charge < -0.3 is 29.6 Å². The minimum Gasteiger partial charge on any atom is -0.466 e. The molecule has 2 N–H and O–H groups in total. The molecule has 0 saturated carbocycles. The van der Waals surface area contributed by atoms with Crippen molar-refractivity contribution in [1.82, 2.24) is 9.80 Å². The minimum atomic E-state index is -0.388. The number of ether oxygens (including phenoxy) is 1. The van der Waals surface area contributed by atoms with Crippen molar-refractivity contribution in [2.45, 2.75) is 32.8 Å². The lowest BCUT2D eigenvalue weighted by molar-refractivity contribution is -0.124. The molecular weight excluding hydrogens is 412 g/mol. The van der Waals surface area contributed by atoms with Gasteiger partial charge in [0.2, 0.25) is 0 Å². The third-order valence-electron chi connectivity index (χ3n) is 5.75. The number of hydrogen-bond donors (Lipinski definition) is 2. The lowest BCUT2D eigenvalue weighted by Crippen LogP contribution is -2.51. The number of nitrogens with zero attached hydrogens (tertiary/aromatic N) is 2. The number of anilines is 2. The molecule has 0 unspecified atom stereocenters. The van der Waals surface area contributed by atoms with Crippen LogP contribution in [0.25, 0.3) is 0 Å². The highest BCUT2D eigenvalue weighted by atomic mass is 16.5. The summed E-state index contributed by atoms with van der Waals surface area (Å²) >= 11 is 0. The van der Waals surface area contributed by atoms with E-state index in [0.29, 0.717) is 61.2 Å². The van der Waals surface area contributed by atoms with E-state index < -0.39 is 0 Å². The zero-order valence-corrected chi connectivity index (χ0v) is 18.3. The Morgan fingerprint density at radius 3 is 2.12 bits per heavy atom. The van der Waals surface area contributed by atoms with E-state index in [1.54, 1.807) is 47.1 Å². The predicted octanol–water partition coefficient (Wildman–Crippen LogP) is 3.00. The number of piperazine rings is 1. The van der Waals surface area contributed by atoms with Crippen LogP contribution in [0.1, 0.15) is 34.7 Å². The standard InChI is InChI=1S/C23H28N4O5/c1-15-14-19(16(2)32-15)22(29)26-9-11-27(12-10-26)23(30)25-18-7-5-17(6-8-18)24-21(28)20-4-3-13-31-20/h5-8,14,20H,3-4,9-13H2,1-2H3,(H,24,28)(H,25,30)/t20-/m1/s1. The number of amides is 4. The molecule has 32 heavy (non-hydrogen) atoms. The first-order valence-electron chi connectivity index (χ1n) is 10.9. The van der Waals surface area contributed by atoms with Crippen LogP contribution >= 0.6 is 0 Å². The van der Waals surface area contributed by atoms with Crippen molar-refractivity contribution in [1.29, 1.82) is 0 Å². The summed E-state index contributed by atoms with van der Waals surface area (Å²) in [6, 6.07) is 8.51. The number of furan rings is 1. The van der Waals surface area contributed by atoms with Crippen molar-refractivity contribution in [3.8, 4) is 0 Å². The molecule has 1 aromatic heterocycles. The summed E-state index contributed by atoms with van der Waals surface area (Å²) in [5.41, 5.74) is 1.86. The summed E-state index contributed by atoms with van der Waals surface area (Å²) in [7, 11) is 0. The van der Waals surface area contributed by atoms with Gasteiger partial charge in [0.1, 0.15) is 17.6 Å². The summed E-state index contributed by atoms with van der Waals surface area (Å²) in [6.45, 7) is 6.04. The summed E-state index contributed by atoms with van der Waals surface area (Å²) in [4.78, 5) is 40.9. The molecule has 1 atom stereocenters. The molecule has 2 fully saturated rings. The van der Waals surface area contributed by atoms with Crippen LogP contribution in [0.15, 0.2) is 34.7 Å². The lowest BCUT2D eigenvalue weighted by atomic mass is 10.2. The molecule has 1 aromatic carbocycles. The second-order valence-electron chi connectivity index (χ2n) is 8.10. The topological polar surface area (TPSA) is 104 Å². The second kappa shape index (κ2) is 9.44. The first-order chi connectivity index (χ1) is 15.4. The van der Waals surface area contributed by atoms with Gasteiger partial charge in [-0.2, -0.15) is 0 Å². The Morgan fingerprint density at radius 1 is 0.938 bits per heavy atom. The van der Waals surface area contributed by atoms with E-state index >= 15 is 0 Å². The van der Waals surface area contributed by atoms with Gasteiger partial charge in [0.25, 0.3) is 11.8 Å². The van der Waals surface area contributed by atoms with Crippen LogP contribution in [0.4, 0.5) is 16.2 Å². The van der Waals surface area contributed by atoms with Gasteiger partial charge in [-0.1, -0.05) is 0 Å². The van der Waals surface area contributed by atoms with Crippen LogP contribution < -0.4 is 10.6 Å². The third kappa shape index (κ3) is 4.94. The average Bonchev–Trinajstić information content (AvgIpc) is 3.44. The molecule has 9 heteroatoms. The maximum Gasteiger partial charge on any atom is 0.321 e. The molecular formula is C23H28N4O5. The molecule has 170 valence electrons. The molecule has 9 nitrogen and oxygen atoms in total. The van der Waals surface area contributed by atoms with Crippen molar-refractivity contribution in [3.05, 3.63) is 47.4 Å². The van der Waals surface area contributed by atoms with Gasteiger partial charge in [0, 0.05) is 44.2 Å². The lowest BCUT2D eigenvalue weighted by Gasteiger charge is -2.34. The van der Waals surface area contributed by atoms with Gasteiger partial charge in [0.05, 0.1) is 5.56 Å². The highest BCUT2D eigenvalue weighted by Crippen LogP contribution is 2.19. The molecule has 4 rings (SSSR count). The van der Waals surface area contributed by atoms with E-state index in [9.17, 15) is 14.4 Å². The first kappa shape index (κ1) is 21.9. The van der Waals surface area contributed by atoms with Crippen LogP contribution in [-0.4, -0.2) is 66.5 Å². The summed E-state index contributed by atoms with van der Waals surface area (Å²) in [6.07, 6.45) is 1.25. The minimum absolute atomic E-state index is 0.0694. The maximum absolute atomic E-state index is 12.7. The second-order valence-corrected chi connectivity index (χ2v) is 8.10. The Labute approximate surface area is 186 Å². The molecule has 3 heterocycles. The fourth-order valence-corrected chi connectivity index (χ4v) is 3.97. The predicted molar refractivity (Wildman–Crippen MR) is 119 cm³/mol. The smallest absolute Gasteiger partial charge is 0.321 e. The largest absolute Gasteiger partial charge is 0.466 e. The normalized spacial score (nSPS) is 18.5. The van der Waals surface area contributed by atoms with Gasteiger partial charge in [-0.15, -0.1) is 0 Å². The molecule has 0 spiro atoms. The van der Waals surface area contributed by atoms with E-state index in [4.69, 9.17) is 9.15 Å². The molecule has 0 radical (unpaired) electrons. The summed E-state index contributed by atoms with van der Waals surface area (Å²) in [5.74, 6) is 1.11. The number of nitrogens with one attached hydrogen (secondary N) is 2. The third-order valence-corrected chi connectivity index (χ3v) is 5.75. The molecule has 0 aliphatic carbocycles. The van der Waals surface area contributed by atoms with Crippen LogP contribution in [0.5, 0.6) is 0 Å². The Bertz CT molecular complexity index is 986. The zero-order valence-electron chi connectivity index (χ0n) is 18.3. The van der Waals surface area contributed by atoms with E-state index in [0.717, 1.165) is 12.8 Å². The Hall–Kier alpha value is -3.33. The highest BCUT2D eigenvalue weighted by Gasteiger charge is 2.27. The number of aryl methyl sites for hydroxylation is 2. The number of hydrogen-bond acceptors (Lipinski definition) is 5. The van der Waals surface area contributed by atoms with E-state index in [-0.39, 0.29) is 23.9 Å². The van der Waals surface area contributed by atoms with Gasteiger partial charge in [-0.25, -0.2) is 4.79 Å². The van der Waals surface area contributed by atoms with E-state index in [1.807, 2.05) is 6.92 Å². The van der Waals surface area contributed by atoms with E-state index in [1.165, 1.54) is 0 Å². The van der Waals surface area contributed by atoms with Crippen molar-refractivity contribution >= 4 is 29.2 Å². The quantitative estimate of drug-likeness (QED) is 0.761. The number of benzene rings is 1. The molecule has 2 saturated heterocycles. The van der Waals surface area contributed by atoms with Crippen LogP contribution in [0, 0.1) is 13.8 Å². The van der Waals surface area contributed by atoms with Crippen LogP contribution in [0.2, 0.25) is 0 Å². The monoisotopic (exact) mass is 440 g/mol. The summed E-state index contributed by atoms with van der Waals surface area (Å²) < 4.78 is 10.8. The number of carbonyl (C=O) groups is 3. The van der Waals surface area contributed by atoms with Crippen LogP contribution in [-0.2, 0) is 9.53 Å². The Morgan fingerprint density at radius 2 is 1.56 bits per heavy atom. The Balaban J connectivity index is 1.26. The van der Waals surface area contributed by atoms with Gasteiger partial charge in [-0.05, 0) is 57.0 Å². The molecule has 2 aromatic rings. The fourth-order valence-electron chi connectivity index (χ4n) is 3.97. The molecule has 2 aliphatic rings. The number of urea groups is 1. The van der Waals surface area contributed by atoms with Crippen LogP contribution in [0.3, 0.4) is 0 Å². The van der Waals surface area contributed by atoms with Gasteiger partial charge >= 0.3 is 6.03 Å². The Kier molecular flexibility index (Phi) is 6.45. The molecule has 0 bridgehead atoms. The SMILES string of the molecule is Cc1cc(C(=O)N2CCN(C(=O)Nc3ccc(NC(=O)[C@H]4CCCO4)cc3)CC2)c(C)o1. The number of rotatable bonds is 4. The van der Waals surface area contributed by atoms with Crippen molar-refractivity contribution in [3.63, 3.8) is 0 Å². The average molecular weight is 441 g/mol. The molecule has 4 amide bonds. The fraction of sp³-hybridized carbons (Fsp3) is 0.435. The van der Waals surface area contributed by atoms with Crippen molar-refractivity contribution < 1.29 is 23.5 Å². The zero-order chi connectivity index (χ0) is 22.7. The first-order valence-corrected chi connectivity index (χ1v) is 10.9. The highest BCUT2D eigenvalue weighted by molar-refractivity contribution is 5.96. The maximum atomic E-state index is 12.7. The summed E-state index contributed by atoms with van der Waals surface area (Å²) in [5, 5.41) is 5.70. The van der Waals surface area contributed by atoms with Crippen molar-refractivity contribution in [2.75, 3.05) is 43.4 Å². The van der Waals surface area contributed by atoms with E-state index in [2.05, 4.69) is 10.6 Å². The number of carbonyl (C=O) groups excluding carboxylic acids is 3.